The second-order valence-electron chi connectivity index (χ2n) is 22.7. The molecule has 0 saturated heterocycles. The van der Waals surface area contributed by atoms with Crippen molar-refractivity contribution in [2.75, 3.05) is 0 Å². The van der Waals surface area contributed by atoms with Gasteiger partial charge in [-0.25, -0.2) is 0 Å². The summed E-state index contributed by atoms with van der Waals surface area (Å²) >= 11 is 0. The SMILES string of the molecule is CC(C)(c1ccc(C(C)(C2CCC(c3ccc(O)cc3)(c3ccc(O)cc3)CC2)C2CCC(c3ccc(O)cc3)(c3ccc(O)cc3)CC2)cc1)C1CCC(C2=CCC(O)C=C2)(c2ccc(O)cc2)CC1. The van der Waals surface area contributed by atoms with E-state index in [1.54, 1.807) is 0 Å². The van der Waals surface area contributed by atoms with Gasteiger partial charge in [0, 0.05) is 16.2 Å². The lowest BCUT2D eigenvalue weighted by Crippen LogP contribution is -2.47. The maximum absolute atomic E-state index is 10.4. The van der Waals surface area contributed by atoms with Crippen LogP contribution in [0.2, 0.25) is 0 Å². The normalized spacial score (nSPS) is 23.0. The van der Waals surface area contributed by atoms with Gasteiger partial charge in [-0.2, -0.15) is 0 Å². The Bertz CT molecular complexity index is 2600. The molecule has 4 aliphatic carbocycles. The van der Waals surface area contributed by atoms with Gasteiger partial charge in [-0.1, -0.05) is 124 Å². The van der Waals surface area contributed by atoms with Gasteiger partial charge in [-0.15, -0.1) is 0 Å². The molecule has 1 atom stereocenters. The van der Waals surface area contributed by atoms with E-state index in [0.29, 0.717) is 24.2 Å². The molecule has 0 spiro atoms. The molecule has 3 fully saturated rings. The first-order chi connectivity index (χ1) is 34.1. The molecule has 0 aromatic heterocycles. The van der Waals surface area contributed by atoms with E-state index in [2.05, 4.69) is 118 Å². The lowest BCUT2D eigenvalue weighted by atomic mass is 9.51. The van der Waals surface area contributed by atoms with Crippen molar-refractivity contribution in [3.05, 3.63) is 208 Å². The predicted octanol–water partition coefficient (Wildman–Crippen LogP) is 14.5. The number of benzene rings is 6. The molecular weight excluding hydrogens is 877 g/mol. The van der Waals surface area contributed by atoms with Crippen molar-refractivity contribution >= 4 is 0 Å². The first-order valence-electron chi connectivity index (χ1n) is 26.3. The van der Waals surface area contributed by atoms with E-state index < -0.39 is 6.10 Å². The fourth-order valence-electron chi connectivity index (χ4n) is 14.7. The molecule has 6 aromatic rings. The summed E-state index contributed by atoms with van der Waals surface area (Å²) in [4.78, 5) is 0. The highest BCUT2D eigenvalue weighted by atomic mass is 16.3. The molecule has 6 aromatic carbocycles. The van der Waals surface area contributed by atoms with Crippen LogP contribution in [-0.4, -0.2) is 36.7 Å². The zero-order valence-electron chi connectivity index (χ0n) is 41.8. The van der Waals surface area contributed by atoms with E-state index in [9.17, 15) is 30.6 Å². The molecule has 0 bridgehead atoms. The Morgan fingerprint density at radius 3 is 1.00 bits per heavy atom. The summed E-state index contributed by atoms with van der Waals surface area (Å²) in [5, 5.41) is 62.1. The minimum atomic E-state index is -0.443. The van der Waals surface area contributed by atoms with E-state index in [1.165, 1.54) is 44.5 Å². The molecule has 0 amide bonds. The van der Waals surface area contributed by atoms with E-state index in [4.69, 9.17) is 0 Å². The Kier molecular flexibility index (Phi) is 13.0. The molecule has 0 radical (unpaired) electrons. The van der Waals surface area contributed by atoms with Crippen molar-refractivity contribution in [1.82, 2.24) is 0 Å². The van der Waals surface area contributed by atoms with Gasteiger partial charge < -0.3 is 30.6 Å². The Balaban J connectivity index is 0.969. The zero-order chi connectivity index (χ0) is 49.6. The fraction of sp³-hybridized carbons (Fsp3) is 0.385. The summed E-state index contributed by atoms with van der Waals surface area (Å²) in [7, 11) is 0. The third kappa shape index (κ3) is 8.85. The molecule has 0 heterocycles. The monoisotopic (exact) mass is 949 g/mol. The number of rotatable bonds is 11. The van der Waals surface area contributed by atoms with Crippen molar-refractivity contribution in [1.29, 1.82) is 0 Å². The summed E-state index contributed by atoms with van der Waals surface area (Å²) in [6.45, 7) is 7.45. The van der Waals surface area contributed by atoms with Gasteiger partial charge in [0.15, 0.2) is 0 Å². The summed E-state index contributed by atoms with van der Waals surface area (Å²) in [5.41, 5.74) is 9.22. The van der Waals surface area contributed by atoms with Gasteiger partial charge in [-0.05, 0) is 217 Å². The van der Waals surface area contributed by atoms with Crippen LogP contribution in [0.1, 0.15) is 143 Å². The highest BCUT2D eigenvalue weighted by Crippen LogP contribution is 2.59. The van der Waals surface area contributed by atoms with Crippen LogP contribution in [0.3, 0.4) is 0 Å². The summed E-state index contributed by atoms with van der Waals surface area (Å²) in [6.07, 6.45) is 18.5. The van der Waals surface area contributed by atoms with Gasteiger partial charge in [0.05, 0.1) is 6.10 Å². The Morgan fingerprint density at radius 2 is 0.676 bits per heavy atom. The second-order valence-corrected chi connectivity index (χ2v) is 22.7. The highest BCUT2D eigenvalue weighted by molar-refractivity contribution is 5.48. The quantitative estimate of drug-likeness (QED) is 0.0769. The molecule has 4 aliphatic rings. The average molecular weight is 949 g/mol. The second kappa shape index (κ2) is 19.1. The Labute approximate surface area is 421 Å². The van der Waals surface area contributed by atoms with Crippen LogP contribution in [0.5, 0.6) is 28.7 Å². The van der Waals surface area contributed by atoms with Crippen molar-refractivity contribution in [2.24, 2.45) is 17.8 Å². The number of hydrogen-bond donors (Lipinski definition) is 6. The number of phenolic OH excluding ortho intramolecular Hbond substituents is 5. The van der Waals surface area contributed by atoms with Crippen molar-refractivity contribution < 1.29 is 30.6 Å². The fourth-order valence-corrected chi connectivity index (χ4v) is 14.7. The molecule has 368 valence electrons. The maximum atomic E-state index is 10.4. The maximum Gasteiger partial charge on any atom is 0.115 e. The van der Waals surface area contributed by atoms with Crippen LogP contribution in [-0.2, 0) is 27.1 Å². The largest absolute Gasteiger partial charge is 0.508 e. The van der Waals surface area contributed by atoms with Gasteiger partial charge in [0.2, 0.25) is 0 Å². The summed E-state index contributed by atoms with van der Waals surface area (Å²) in [6, 6.07) is 48.9. The van der Waals surface area contributed by atoms with Crippen molar-refractivity contribution in [2.45, 2.75) is 137 Å². The minimum absolute atomic E-state index is 0.0691. The van der Waals surface area contributed by atoms with Gasteiger partial charge >= 0.3 is 0 Å². The third-order valence-electron chi connectivity index (χ3n) is 19.2. The van der Waals surface area contributed by atoms with Gasteiger partial charge in [0.25, 0.3) is 0 Å². The number of hydrogen-bond acceptors (Lipinski definition) is 6. The van der Waals surface area contributed by atoms with Crippen molar-refractivity contribution in [3.8, 4) is 28.7 Å². The lowest BCUT2D eigenvalue weighted by molar-refractivity contribution is 0.0850. The molecule has 0 aliphatic heterocycles. The third-order valence-corrected chi connectivity index (χ3v) is 19.2. The lowest BCUT2D eigenvalue weighted by Gasteiger charge is -2.53. The number of allylic oxidation sites excluding steroid dienone is 2. The van der Waals surface area contributed by atoms with Crippen LogP contribution < -0.4 is 0 Å². The molecule has 10 rings (SSSR count). The zero-order valence-corrected chi connectivity index (χ0v) is 41.8. The van der Waals surface area contributed by atoms with Crippen LogP contribution in [0.15, 0.2) is 169 Å². The molecule has 71 heavy (non-hydrogen) atoms. The van der Waals surface area contributed by atoms with Crippen LogP contribution in [0, 0.1) is 17.8 Å². The van der Waals surface area contributed by atoms with E-state index >= 15 is 0 Å². The molecule has 6 heteroatoms. The molecule has 1 unspecified atom stereocenters. The smallest absolute Gasteiger partial charge is 0.115 e. The standard InChI is InChI=1S/C65H72O6/c1-61(2,45-32-38-63(39-33-45,49-8-20-55(66)21-9-49)50-10-22-56(67)23-11-50)44-4-6-46(7-5-44)62(3,47-34-40-64(41-35-47,51-12-24-57(68)25-13-51)52-14-26-58(69)27-15-52)48-36-42-65(43-37-48,53-16-28-59(70)29-17-53)54-18-30-60(71)31-19-54/h4-22,24-31,45,47-48,56,66-71H,23,32-43H2,1-3H3. The summed E-state index contributed by atoms with van der Waals surface area (Å²) < 4.78 is 0. The van der Waals surface area contributed by atoms with Gasteiger partial charge in [0.1, 0.15) is 28.7 Å². The van der Waals surface area contributed by atoms with Gasteiger partial charge in [-0.3, -0.25) is 0 Å². The first kappa shape index (κ1) is 48.4. The minimum Gasteiger partial charge on any atom is -0.508 e. The topological polar surface area (TPSA) is 121 Å². The van der Waals surface area contributed by atoms with E-state index in [-0.39, 0.29) is 55.8 Å². The first-order valence-corrected chi connectivity index (χ1v) is 26.3. The van der Waals surface area contributed by atoms with E-state index in [1.807, 2.05) is 66.7 Å². The van der Waals surface area contributed by atoms with Crippen LogP contribution >= 0.6 is 0 Å². The predicted molar refractivity (Wildman–Crippen MR) is 284 cm³/mol. The Hall–Kier alpha value is -6.24. The molecular formula is C65H72O6. The number of phenols is 5. The van der Waals surface area contributed by atoms with Crippen molar-refractivity contribution in [3.63, 3.8) is 0 Å². The average Bonchev–Trinajstić information content (AvgIpc) is 3.40. The van der Waals surface area contributed by atoms with Crippen LogP contribution in [0.25, 0.3) is 0 Å². The number of aliphatic hydroxyl groups excluding tert-OH is 1. The molecule has 3 saturated carbocycles. The Morgan fingerprint density at radius 1 is 0.380 bits per heavy atom. The molecule has 6 nitrogen and oxygen atoms in total. The highest BCUT2D eigenvalue weighted by Gasteiger charge is 2.51. The summed E-state index contributed by atoms with van der Waals surface area (Å²) in [5.74, 6) is 2.60. The van der Waals surface area contributed by atoms with E-state index in [0.717, 1.165) is 77.0 Å². The molecule has 6 N–H and O–H groups in total. The number of aromatic hydroxyl groups is 5. The van der Waals surface area contributed by atoms with Crippen LogP contribution in [0.4, 0.5) is 0 Å². The number of aliphatic hydroxyl groups is 1.